The van der Waals surface area contributed by atoms with Crippen molar-refractivity contribution >= 4 is 11.6 Å². The molecule has 1 N–H and O–H groups in total. The summed E-state index contributed by atoms with van der Waals surface area (Å²) in [5.74, 6) is 0. The van der Waals surface area contributed by atoms with Crippen molar-refractivity contribution in [3.63, 3.8) is 0 Å². The predicted octanol–water partition coefficient (Wildman–Crippen LogP) is 2.79. The van der Waals surface area contributed by atoms with E-state index in [1.165, 1.54) is 5.56 Å². The minimum absolute atomic E-state index is 0.332. The molecular formula is C18H24ClN3O2. The monoisotopic (exact) mass is 349 g/mol. The first-order valence-electron chi connectivity index (χ1n) is 8.34. The van der Waals surface area contributed by atoms with Crippen molar-refractivity contribution in [2.45, 2.75) is 31.6 Å². The van der Waals surface area contributed by atoms with Gasteiger partial charge >= 0.3 is 0 Å². The summed E-state index contributed by atoms with van der Waals surface area (Å²) >= 11 is 5.86. The number of halogens is 1. The molecule has 0 radical (unpaired) electrons. The highest BCUT2D eigenvalue weighted by atomic mass is 35.5. The molecule has 1 aromatic carbocycles. The number of likely N-dealkylation sites (tertiary alicyclic amines) is 1. The first-order valence-corrected chi connectivity index (χ1v) is 8.72. The quantitative estimate of drug-likeness (QED) is 0.835. The van der Waals surface area contributed by atoms with Gasteiger partial charge in [-0.2, -0.15) is 5.10 Å². The number of benzene rings is 1. The molecule has 1 aromatic heterocycles. The maximum atomic E-state index is 10.3. The second-order valence-corrected chi connectivity index (χ2v) is 6.83. The first-order chi connectivity index (χ1) is 11.6. The van der Waals surface area contributed by atoms with Gasteiger partial charge in [-0.25, -0.2) is 0 Å². The molecule has 0 spiro atoms. The largest absolute Gasteiger partial charge is 0.389 e. The van der Waals surface area contributed by atoms with Crippen molar-refractivity contribution in [2.24, 2.45) is 7.05 Å². The molecule has 5 nitrogen and oxygen atoms in total. The summed E-state index contributed by atoms with van der Waals surface area (Å²) < 4.78 is 7.47. The van der Waals surface area contributed by atoms with Crippen LogP contribution >= 0.6 is 11.6 Å². The molecule has 130 valence electrons. The molecule has 2 atom stereocenters. The van der Waals surface area contributed by atoms with E-state index in [1.54, 1.807) is 0 Å². The number of ether oxygens (including phenoxy) is 1. The van der Waals surface area contributed by atoms with Crippen LogP contribution in [0.25, 0.3) is 0 Å². The molecule has 0 bridgehead atoms. The highest BCUT2D eigenvalue weighted by molar-refractivity contribution is 6.30. The normalized spacial score (nSPS) is 19.7. The lowest BCUT2D eigenvalue weighted by Gasteiger charge is -2.26. The lowest BCUT2D eigenvalue weighted by molar-refractivity contribution is 0.00771. The highest BCUT2D eigenvalue weighted by Crippen LogP contribution is 2.31. The predicted molar refractivity (Wildman–Crippen MR) is 93.9 cm³/mol. The Bertz CT molecular complexity index is 644. The fourth-order valence-corrected chi connectivity index (χ4v) is 3.38. The topological polar surface area (TPSA) is 50.5 Å². The number of aliphatic hydroxyl groups is 1. The average Bonchev–Trinajstić information content (AvgIpc) is 3.18. The van der Waals surface area contributed by atoms with E-state index in [4.69, 9.17) is 16.3 Å². The molecule has 0 aliphatic carbocycles. The Balaban J connectivity index is 1.45. The summed E-state index contributed by atoms with van der Waals surface area (Å²) in [5, 5.41) is 15.3. The number of aliphatic hydroxyl groups excluding tert-OH is 1. The summed E-state index contributed by atoms with van der Waals surface area (Å²) in [7, 11) is 1.93. The van der Waals surface area contributed by atoms with Gasteiger partial charge in [-0.1, -0.05) is 23.7 Å². The minimum atomic E-state index is -0.491. The number of hydrogen-bond acceptors (Lipinski definition) is 4. The number of nitrogens with zero attached hydrogens (tertiary/aromatic N) is 3. The third kappa shape index (κ3) is 4.57. The van der Waals surface area contributed by atoms with Gasteiger partial charge in [-0.05, 0) is 37.1 Å². The maximum Gasteiger partial charge on any atom is 0.0900 e. The van der Waals surface area contributed by atoms with Crippen molar-refractivity contribution in [3.05, 3.63) is 52.8 Å². The molecule has 1 saturated heterocycles. The SMILES string of the molecule is Cn1cc(C2CCCN2CC(O)COCc2ccc(Cl)cc2)cn1. The van der Waals surface area contributed by atoms with Crippen LogP contribution in [0.3, 0.4) is 0 Å². The van der Waals surface area contributed by atoms with Crippen LogP contribution in [-0.2, 0) is 18.4 Å². The van der Waals surface area contributed by atoms with E-state index in [0.717, 1.165) is 24.9 Å². The van der Waals surface area contributed by atoms with Gasteiger partial charge in [0, 0.05) is 36.4 Å². The standard InChI is InChI=1S/C18H24ClN3O2/c1-21-10-15(9-20-21)18-3-2-8-22(18)11-17(23)13-24-12-14-4-6-16(19)7-5-14/h4-7,9-10,17-18,23H,2-3,8,11-13H2,1H3. The summed E-state index contributed by atoms with van der Waals surface area (Å²) in [6.45, 7) is 2.45. The Morgan fingerprint density at radius 2 is 2.17 bits per heavy atom. The molecule has 2 aromatic rings. The van der Waals surface area contributed by atoms with Gasteiger partial charge in [-0.15, -0.1) is 0 Å². The van der Waals surface area contributed by atoms with Gasteiger partial charge in [0.25, 0.3) is 0 Å². The smallest absolute Gasteiger partial charge is 0.0900 e. The fourth-order valence-electron chi connectivity index (χ4n) is 3.25. The van der Waals surface area contributed by atoms with Crippen molar-refractivity contribution in [1.82, 2.24) is 14.7 Å². The Labute approximate surface area is 147 Å². The zero-order chi connectivity index (χ0) is 16.9. The zero-order valence-electron chi connectivity index (χ0n) is 13.9. The second-order valence-electron chi connectivity index (χ2n) is 6.40. The van der Waals surface area contributed by atoms with Crippen molar-refractivity contribution < 1.29 is 9.84 Å². The Morgan fingerprint density at radius 1 is 1.38 bits per heavy atom. The van der Waals surface area contributed by atoms with Crippen LogP contribution in [0.5, 0.6) is 0 Å². The number of hydrogen-bond donors (Lipinski definition) is 1. The maximum absolute atomic E-state index is 10.3. The molecule has 2 unspecified atom stereocenters. The molecule has 0 amide bonds. The summed E-state index contributed by atoms with van der Waals surface area (Å²) in [6.07, 6.45) is 5.76. The second kappa shape index (κ2) is 8.12. The van der Waals surface area contributed by atoms with E-state index in [1.807, 2.05) is 42.2 Å². The first kappa shape index (κ1) is 17.4. The van der Waals surface area contributed by atoms with Crippen LogP contribution in [0.4, 0.5) is 0 Å². The van der Waals surface area contributed by atoms with Gasteiger partial charge in [0.15, 0.2) is 0 Å². The number of aryl methyl sites for hydroxylation is 1. The third-order valence-electron chi connectivity index (χ3n) is 4.41. The van der Waals surface area contributed by atoms with Crippen molar-refractivity contribution in [1.29, 1.82) is 0 Å². The lowest BCUT2D eigenvalue weighted by atomic mass is 10.1. The van der Waals surface area contributed by atoms with E-state index in [-0.39, 0.29) is 0 Å². The fraction of sp³-hybridized carbons (Fsp3) is 0.500. The molecule has 6 heteroatoms. The number of rotatable bonds is 7. The molecule has 3 rings (SSSR count). The highest BCUT2D eigenvalue weighted by Gasteiger charge is 2.28. The number of aromatic nitrogens is 2. The Kier molecular flexibility index (Phi) is 5.89. The molecule has 0 saturated carbocycles. The van der Waals surface area contributed by atoms with Gasteiger partial charge in [0.1, 0.15) is 0 Å². The summed E-state index contributed by atoms with van der Waals surface area (Å²) in [4.78, 5) is 2.33. The number of β-amino-alcohol motifs (C(OH)–C–C–N with tert-alkyl or cyclic N) is 1. The van der Waals surface area contributed by atoms with Gasteiger partial charge in [0.05, 0.1) is 25.5 Å². The summed E-state index contributed by atoms with van der Waals surface area (Å²) in [6, 6.07) is 7.92. The lowest BCUT2D eigenvalue weighted by Crippen LogP contribution is -2.34. The van der Waals surface area contributed by atoms with Gasteiger partial charge in [-0.3, -0.25) is 9.58 Å². The van der Waals surface area contributed by atoms with Crippen LogP contribution in [0, 0.1) is 0 Å². The molecule has 24 heavy (non-hydrogen) atoms. The molecule has 2 heterocycles. The average molecular weight is 350 g/mol. The van der Waals surface area contributed by atoms with E-state index in [2.05, 4.69) is 16.2 Å². The van der Waals surface area contributed by atoms with E-state index < -0.39 is 6.10 Å². The van der Waals surface area contributed by atoms with Crippen LogP contribution in [0.1, 0.15) is 30.0 Å². The Hall–Kier alpha value is -1.40. The van der Waals surface area contributed by atoms with Crippen LogP contribution in [0.2, 0.25) is 5.02 Å². The van der Waals surface area contributed by atoms with E-state index >= 15 is 0 Å². The minimum Gasteiger partial charge on any atom is -0.389 e. The van der Waals surface area contributed by atoms with Gasteiger partial charge < -0.3 is 9.84 Å². The van der Waals surface area contributed by atoms with E-state index in [9.17, 15) is 5.11 Å². The van der Waals surface area contributed by atoms with Crippen LogP contribution in [0.15, 0.2) is 36.7 Å². The van der Waals surface area contributed by atoms with Crippen LogP contribution in [-0.4, -0.2) is 45.6 Å². The summed E-state index contributed by atoms with van der Waals surface area (Å²) in [5.41, 5.74) is 2.28. The van der Waals surface area contributed by atoms with Crippen molar-refractivity contribution in [2.75, 3.05) is 19.7 Å². The molecule has 1 fully saturated rings. The molecular weight excluding hydrogens is 326 g/mol. The van der Waals surface area contributed by atoms with E-state index in [0.29, 0.717) is 30.8 Å². The molecule has 1 aliphatic rings. The third-order valence-corrected chi connectivity index (χ3v) is 4.66. The zero-order valence-corrected chi connectivity index (χ0v) is 14.7. The van der Waals surface area contributed by atoms with Gasteiger partial charge in [0.2, 0.25) is 0 Å². The molecule has 1 aliphatic heterocycles. The Morgan fingerprint density at radius 3 is 2.88 bits per heavy atom. The van der Waals surface area contributed by atoms with Crippen molar-refractivity contribution in [3.8, 4) is 0 Å². The van der Waals surface area contributed by atoms with Crippen LogP contribution < -0.4 is 0 Å².